The first-order valence-corrected chi connectivity index (χ1v) is 20.6. The van der Waals surface area contributed by atoms with E-state index in [1.807, 2.05) is 18.2 Å². The Morgan fingerprint density at radius 2 is 0.983 bits per heavy atom. The third-order valence-electron chi connectivity index (χ3n) is 12.7. The van der Waals surface area contributed by atoms with Crippen LogP contribution in [-0.4, -0.2) is 9.97 Å². The molecule has 2 aromatic heterocycles. The van der Waals surface area contributed by atoms with E-state index in [4.69, 9.17) is 14.4 Å². The van der Waals surface area contributed by atoms with Gasteiger partial charge in [-0.25, -0.2) is 9.97 Å². The van der Waals surface area contributed by atoms with Crippen LogP contribution in [0.5, 0.6) is 0 Å². The molecule has 1 aliphatic rings. The third kappa shape index (κ3) is 5.36. The van der Waals surface area contributed by atoms with E-state index in [0.29, 0.717) is 5.82 Å². The Kier molecular flexibility index (Phi) is 7.58. The van der Waals surface area contributed by atoms with Crippen molar-refractivity contribution < 1.29 is 4.42 Å². The lowest BCUT2D eigenvalue weighted by molar-refractivity contribution is 0.661. The van der Waals surface area contributed by atoms with Gasteiger partial charge in [-0.2, -0.15) is 0 Å². The SMILES string of the molecule is CC1(C)c2cc3ccccc3cc2-c2c(-c3ccc(-c4cc(-c5ccccc5-c5cccc6oc7cc8ccccc8cc7c56)nc(-c5ccccc5)n4)cc3)cccc21. The second-order valence-electron chi connectivity index (χ2n) is 16.5. The molecule has 0 unspecified atom stereocenters. The van der Waals surface area contributed by atoms with Gasteiger partial charge in [0.15, 0.2) is 5.82 Å². The highest BCUT2D eigenvalue weighted by Gasteiger charge is 2.37. The van der Waals surface area contributed by atoms with E-state index in [2.05, 4.69) is 190 Å². The van der Waals surface area contributed by atoms with Crippen LogP contribution in [0.4, 0.5) is 0 Å². The van der Waals surface area contributed by atoms with Crippen LogP contribution >= 0.6 is 0 Å². The average molecular weight is 767 g/mol. The maximum absolute atomic E-state index is 6.51. The monoisotopic (exact) mass is 766 g/mol. The van der Waals surface area contributed by atoms with Crippen molar-refractivity contribution in [3.8, 4) is 67.3 Å². The minimum Gasteiger partial charge on any atom is -0.456 e. The Bertz CT molecular complexity index is 3500. The summed E-state index contributed by atoms with van der Waals surface area (Å²) in [6.07, 6.45) is 0. The molecule has 0 amide bonds. The number of benzene rings is 9. The Hall–Kier alpha value is -7.62. The van der Waals surface area contributed by atoms with Crippen LogP contribution in [0.15, 0.2) is 199 Å². The number of fused-ring (bicyclic) bond motifs is 8. The molecule has 0 saturated heterocycles. The molecule has 0 fully saturated rings. The smallest absolute Gasteiger partial charge is 0.160 e. The zero-order chi connectivity index (χ0) is 40.0. The van der Waals surface area contributed by atoms with E-state index in [1.54, 1.807) is 0 Å². The standard InChI is InChI=1S/C57H38N2O/c1-57(2)48-24-12-22-42(54(48)46-30-38-16-6-8-18-40(38)32-49(46)57)35-26-28-36(29-27-35)50-34-51(59-56(58-50)37-14-4-3-5-15-37)44-21-11-10-20-43(44)45-23-13-25-52-55(45)47-31-39-17-7-9-19-41(39)33-53(47)60-52/h3-34H,1-2H3. The second-order valence-corrected chi connectivity index (χ2v) is 16.5. The lowest BCUT2D eigenvalue weighted by atomic mass is 9.81. The van der Waals surface area contributed by atoms with E-state index in [-0.39, 0.29) is 5.41 Å². The molecule has 0 atom stereocenters. The van der Waals surface area contributed by atoms with Gasteiger partial charge in [-0.15, -0.1) is 0 Å². The number of nitrogens with zero attached hydrogens (tertiary/aromatic N) is 2. The number of aromatic nitrogens is 2. The van der Waals surface area contributed by atoms with E-state index < -0.39 is 0 Å². The van der Waals surface area contributed by atoms with Crippen molar-refractivity contribution in [2.75, 3.05) is 0 Å². The molecule has 0 aliphatic heterocycles. The van der Waals surface area contributed by atoms with Gasteiger partial charge in [0.25, 0.3) is 0 Å². The van der Waals surface area contributed by atoms with Gasteiger partial charge in [-0.05, 0) is 102 Å². The minimum atomic E-state index is -0.100. The molecule has 282 valence electrons. The van der Waals surface area contributed by atoms with Crippen LogP contribution in [0.3, 0.4) is 0 Å². The first-order valence-electron chi connectivity index (χ1n) is 20.6. The van der Waals surface area contributed by atoms with Crippen molar-refractivity contribution in [2.24, 2.45) is 0 Å². The number of hydrogen-bond acceptors (Lipinski definition) is 3. The van der Waals surface area contributed by atoms with Gasteiger partial charge in [-0.1, -0.05) is 172 Å². The van der Waals surface area contributed by atoms with Crippen LogP contribution in [0.1, 0.15) is 25.0 Å². The molecule has 3 nitrogen and oxygen atoms in total. The van der Waals surface area contributed by atoms with Gasteiger partial charge < -0.3 is 4.42 Å². The normalized spacial score (nSPS) is 13.0. The van der Waals surface area contributed by atoms with Crippen molar-refractivity contribution in [2.45, 2.75) is 19.3 Å². The molecule has 9 aromatic carbocycles. The van der Waals surface area contributed by atoms with E-state index in [1.165, 1.54) is 49.5 Å². The lowest BCUT2D eigenvalue weighted by Gasteiger charge is -2.22. The van der Waals surface area contributed by atoms with Crippen LogP contribution < -0.4 is 0 Å². The predicted octanol–water partition coefficient (Wildman–Crippen LogP) is 15.3. The summed E-state index contributed by atoms with van der Waals surface area (Å²) < 4.78 is 6.51. The Morgan fingerprint density at radius 1 is 0.383 bits per heavy atom. The fourth-order valence-electron chi connectivity index (χ4n) is 9.66. The summed E-state index contributed by atoms with van der Waals surface area (Å²) in [6.45, 7) is 4.71. The second kappa shape index (κ2) is 13.2. The quantitative estimate of drug-likeness (QED) is 0.175. The molecule has 0 saturated carbocycles. The first-order chi connectivity index (χ1) is 29.5. The van der Waals surface area contributed by atoms with Crippen molar-refractivity contribution >= 4 is 43.5 Å². The largest absolute Gasteiger partial charge is 0.456 e. The fraction of sp³-hybridized carbons (Fsp3) is 0.0526. The van der Waals surface area contributed by atoms with Gasteiger partial charge in [0.05, 0.1) is 11.4 Å². The Labute approximate surface area is 348 Å². The van der Waals surface area contributed by atoms with Gasteiger partial charge in [0.2, 0.25) is 0 Å². The topological polar surface area (TPSA) is 38.9 Å². The van der Waals surface area contributed by atoms with Gasteiger partial charge in [-0.3, -0.25) is 0 Å². The van der Waals surface area contributed by atoms with E-state index >= 15 is 0 Å². The molecule has 0 N–H and O–H groups in total. The summed E-state index contributed by atoms with van der Waals surface area (Å²) >= 11 is 0. The number of rotatable bonds is 5. The fourth-order valence-corrected chi connectivity index (χ4v) is 9.66. The molecular formula is C57H38N2O. The van der Waals surface area contributed by atoms with Crippen molar-refractivity contribution in [1.29, 1.82) is 0 Å². The highest BCUT2D eigenvalue weighted by Crippen LogP contribution is 2.53. The van der Waals surface area contributed by atoms with Gasteiger partial charge >= 0.3 is 0 Å². The molecule has 11 aromatic rings. The molecular weight excluding hydrogens is 729 g/mol. The summed E-state index contributed by atoms with van der Waals surface area (Å²) in [6, 6.07) is 69.4. The number of hydrogen-bond donors (Lipinski definition) is 0. The van der Waals surface area contributed by atoms with Crippen molar-refractivity contribution in [1.82, 2.24) is 9.97 Å². The maximum Gasteiger partial charge on any atom is 0.160 e. The molecule has 3 heteroatoms. The highest BCUT2D eigenvalue weighted by atomic mass is 16.3. The molecule has 60 heavy (non-hydrogen) atoms. The van der Waals surface area contributed by atoms with Crippen LogP contribution in [0.25, 0.3) is 111 Å². The minimum absolute atomic E-state index is 0.100. The van der Waals surface area contributed by atoms with Crippen LogP contribution in [-0.2, 0) is 5.41 Å². The highest BCUT2D eigenvalue weighted by molar-refractivity contribution is 6.16. The summed E-state index contributed by atoms with van der Waals surface area (Å²) in [5, 5.41) is 7.11. The molecule has 0 radical (unpaired) electrons. The Balaban J connectivity index is 0.997. The summed E-state index contributed by atoms with van der Waals surface area (Å²) in [5.41, 5.74) is 16.5. The predicted molar refractivity (Wildman–Crippen MR) is 249 cm³/mol. The van der Waals surface area contributed by atoms with Crippen LogP contribution in [0.2, 0.25) is 0 Å². The van der Waals surface area contributed by atoms with E-state index in [9.17, 15) is 0 Å². The first kappa shape index (κ1) is 34.4. The zero-order valence-electron chi connectivity index (χ0n) is 33.3. The zero-order valence-corrected chi connectivity index (χ0v) is 33.3. The van der Waals surface area contributed by atoms with Gasteiger partial charge in [0, 0.05) is 32.9 Å². The van der Waals surface area contributed by atoms with Crippen molar-refractivity contribution in [3.05, 3.63) is 205 Å². The average Bonchev–Trinajstić information content (AvgIpc) is 3.78. The molecule has 0 spiro atoms. The molecule has 12 rings (SSSR count). The lowest BCUT2D eigenvalue weighted by Crippen LogP contribution is -2.14. The Morgan fingerprint density at radius 3 is 1.77 bits per heavy atom. The molecule has 0 bridgehead atoms. The number of furan rings is 1. The maximum atomic E-state index is 6.51. The summed E-state index contributed by atoms with van der Waals surface area (Å²) in [4.78, 5) is 10.5. The van der Waals surface area contributed by atoms with Crippen molar-refractivity contribution in [3.63, 3.8) is 0 Å². The van der Waals surface area contributed by atoms with Crippen LogP contribution in [0, 0.1) is 0 Å². The summed E-state index contributed by atoms with van der Waals surface area (Å²) in [5.74, 6) is 0.687. The van der Waals surface area contributed by atoms with Gasteiger partial charge in [0.1, 0.15) is 11.2 Å². The van der Waals surface area contributed by atoms with E-state index in [0.717, 1.165) is 66.5 Å². The summed E-state index contributed by atoms with van der Waals surface area (Å²) in [7, 11) is 0. The third-order valence-corrected chi connectivity index (χ3v) is 12.7. The molecule has 1 aliphatic carbocycles. The molecule has 2 heterocycles.